The molecule has 1 aromatic rings. The number of nitro groups is 1. The maximum Gasteiger partial charge on any atom is 0.293 e. The monoisotopic (exact) mass is 276 g/mol. The standard InChI is InChI=1S/C13H16N4O3/c1-8-6-12(18)14-15-13(8)9-4-5-10(16(2)3)11(7-9)17(19)20/h4-5,7-8H,6H2,1-3H3,(H,14,18)/t8-/m1/s1. The van der Waals surface area contributed by atoms with Crippen molar-refractivity contribution in [2.45, 2.75) is 13.3 Å². The van der Waals surface area contributed by atoms with Gasteiger partial charge in [0.1, 0.15) is 5.69 Å². The van der Waals surface area contributed by atoms with Gasteiger partial charge < -0.3 is 4.90 Å². The van der Waals surface area contributed by atoms with Crippen LogP contribution in [0.5, 0.6) is 0 Å². The molecule has 0 fully saturated rings. The Morgan fingerprint density at radius 2 is 2.15 bits per heavy atom. The zero-order valence-corrected chi connectivity index (χ0v) is 11.6. The molecule has 1 N–H and O–H groups in total. The summed E-state index contributed by atoms with van der Waals surface area (Å²) in [6.45, 7) is 1.88. The van der Waals surface area contributed by atoms with Gasteiger partial charge >= 0.3 is 0 Å². The third kappa shape index (κ3) is 2.61. The molecule has 0 saturated heterocycles. The Bertz CT molecular complexity index is 595. The van der Waals surface area contributed by atoms with Crippen LogP contribution in [-0.4, -0.2) is 30.6 Å². The highest BCUT2D eigenvalue weighted by atomic mass is 16.6. The van der Waals surface area contributed by atoms with Crippen molar-refractivity contribution in [1.82, 2.24) is 5.43 Å². The molecule has 0 bridgehead atoms. The molecule has 1 aliphatic heterocycles. The quantitative estimate of drug-likeness (QED) is 0.669. The lowest BCUT2D eigenvalue weighted by Crippen LogP contribution is -2.32. The number of nitrogens with zero attached hydrogens (tertiary/aromatic N) is 3. The summed E-state index contributed by atoms with van der Waals surface area (Å²) in [6.07, 6.45) is 0.335. The van der Waals surface area contributed by atoms with E-state index in [-0.39, 0.29) is 17.5 Å². The molecule has 0 aromatic heterocycles. The summed E-state index contributed by atoms with van der Waals surface area (Å²) in [5, 5.41) is 15.2. The second kappa shape index (κ2) is 5.28. The van der Waals surface area contributed by atoms with Gasteiger partial charge in [-0.3, -0.25) is 14.9 Å². The second-order valence-corrected chi connectivity index (χ2v) is 4.99. The number of benzene rings is 1. The van der Waals surface area contributed by atoms with Crippen LogP contribution in [0.1, 0.15) is 18.9 Å². The molecule has 20 heavy (non-hydrogen) atoms. The summed E-state index contributed by atoms with van der Waals surface area (Å²) in [5.74, 6) is -0.200. The Kier molecular flexibility index (Phi) is 3.69. The first-order valence-corrected chi connectivity index (χ1v) is 6.22. The predicted octanol–water partition coefficient (Wildman–Crippen LogP) is 1.52. The molecular weight excluding hydrogens is 260 g/mol. The van der Waals surface area contributed by atoms with E-state index < -0.39 is 4.92 Å². The third-order valence-electron chi connectivity index (χ3n) is 3.21. The van der Waals surface area contributed by atoms with Gasteiger partial charge in [-0.25, -0.2) is 5.43 Å². The number of rotatable bonds is 3. The minimum absolute atomic E-state index is 0.0271. The molecule has 0 unspecified atom stereocenters. The number of nitrogens with one attached hydrogen (secondary N) is 1. The number of hydrazone groups is 1. The third-order valence-corrected chi connectivity index (χ3v) is 3.21. The summed E-state index contributed by atoms with van der Waals surface area (Å²) < 4.78 is 0. The van der Waals surface area contributed by atoms with Crippen molar-refractivity contribution < 1.29 is 9.72 Å². The molecule has 1 aliphatic rings. The van der Waals surface area contributed by atoms with E-state index in [0.717, 1.165) is 0 Å². The zero-order chi connectivity index (χ0) is 14.9. The highest BCUT2D eigenvalue weighted by molar-refractivity contribution is 6.06. The number of carbonyl (C=O) groups excluding carboxylic acids is 1. The lowest BCUT2D eigenvalue weighted by molar-refractivity contribution is -0.384. The lowest BCUT2D eigenvalue weighted by Gasteiger charge is -2.20. The normalized spacial score (nSPS) is 18.2. The summed E-state index contributed by atoms with van der Waals surface area (Å²) in [7, 11) is 3.51. The fraction of sp³-hybridized carbons (Fsp3) is 0.385. The van der Waals surface area contributed by atoms with Crippen molar-refractivity contribution in [3.63, 3.8) is 0 Å². The number of hydrogen-bond donors (Lipinski definition) is 1. The average Bonchev–Trinajstić information content (AvgIpc) is 2.37. The van der Waals surface area contributed by atoms with Gasteiger partial charge in [-0.15, -0.1) is 0 Å². The van der Waals surface area contributed by atoms with E-state index in [9.17, 15) is 14.9 Å². The van der Waals surface area contributed by atoms with Gasteiger partial charge in [0.05, 0.1) is 10.6 Å². The van der Waals surface area contributed by atoms with Crippen LogP contribution < -0.4 is 10.3 Å². The van der Waals surface area contributed by atoms with Crippen molar-refractivity contribution in [1.29, 1.82) is 0 Å². The largest absolute Gasteiger partial charge is 0.372 e. The number of nitro benzene ring substituents is 1. The summed E-state index contributed by atoms with van der Waals surface area (Å²) in [5.41, 5.74) is 4.30. The highest BCUT2D eigenvalue weighted by Gasteiger charge is 2.24. The molecule has 7 heteroatoms. The average molecular weight is 276 g/mol. The van der Waals surface area contributed by atoms with E-state index in [1.807, 2.05) is 6.92 Å². The molecule has 0 saturated carbocycles. The van der Waals surface area contributed by atoms with E-state index in [2.05, 4.69) is 10.5 Å². The van der Waals surface area contributed by atoms with Crippen molar-refractivity contribution in [2.24, 2.45) is 11.0 Å². The molecule has 1 amide bonds. The maximum atomic E-state index is 11.2. The van der Waals surface area contributed by atoms with Gasteiger partial charge in [0.25, 0.3) is 5.69 Å². The molecule has 1 aromatic carbocycles. The van der Waals surface area contributed by atoms with Crippen LogP contribution in [0, 0.1) is 16.0 Å². The number of carbonyl (C=O) groups is 1. The van der Waals surface area contributed by atoms with E-state index in [4.69, 9.17) is 0 Å². The smallest absolute Gasteiger partial charge is 0.293 e. The van der Waals surface area contributed by atoms with Crippen molar-refractivity contribution in [3.8, 4) is 0 Å². The zero-order valence-electron chi connectivity index (χ0n) is 11.6. The Morgan fingerprint density at radius 3 is 2.70 bits per heavy atom. The van der Waals surface area contributed by atoms with Crippen molar-refractivity contribution in [2.75, 3.05) is 19.0 Å². The van der Waals surface area contributed by atoms with E-state index in [1.54, 1.807) is 31.1 Å². The van der Waals surface area contributed by atoms with Crippen LogP contribution in [0.25, 0.3) is 0 Å². The lowest BCUT2D eigenvalue weighted by atomic mass is 9.93. The van der Waals surface area contributed by atoms with Gasteiger partial charge in [0.15, 0.2) is 0 Å². The maximum absolute atomic E-state index is 11.2. The molecule has 0 aliphatic carbocycles. The van der Waals surface area contributed by atoms with E-state index in [0.29, 0.717) is 23.4 Å². The first kappa shape index (κ1) is 14.0. The molecule has 0 spiro atoms. The Hall–Kier alpha value is -2.44. The van der Waals surface area contributed by atoms with Gasteiger partial charge in [0, 0.05) is 38.1 Å². The fourth-order valence-corrected chi connectivity index (χ4v) is 2.21. The highest BCUT2D eigenvalue weighted by Crippen LogP contribution is 2.29. The molecule has 0 radical (unpaired) electrons. The fourth-order valence-electron chi connectivity index (χ4n) is 2.21. The van der Waals surface area contributed by atoms with Crippen LogP contribution in [-0.2, 0) is 4.79 Å². The van der Waals surface area contributed by atoms with Crippen LogP contribution in [0.15, 0.2) is 23.3 Å². The second-order valence-electron chi connectivity index (χ2n) is 4.99. The first-order chi connectivity index (χ1) is 9.40. The number of amides is 1. The Labute approximate surface area is 116 Å². The minimum Gasteiger partial charge on any atom is -0.372 e. The van der Waals surface area contributed by atoms with Crippen LogP contribution in [0.3, 0.4) is 0 Å². The minimum atomic E-state index is -0.411. The summed E-state index contributed by atoms with van der Waals surface area (Å²) in [6, 6.07) is 4.98. The number of anilines is 1. The molecular formula is C13H16N4O3. The summed E-state index contributed by atoms with van der Waals surface area (Å²) in [4.78, 5) is 23.7. The predicted molar refractivity (Wildman–Crippen MR) is 75.9 cm³/mol. The Morgan fingerprint density at radius 1 is 1.45 bits per heavy atom. The van der Waals surface area contributed by atoms with Gasteiger partial charge in [0.2, 0.25) is 5.91 Å². The van der Waals surface area contributed by atoms with Crippen molar-refractivity contribution >= 4 is 23.0 Å². The van der Waals surface area contributed by atoms with Gasteiger partial charge in [-0.2, -0.15) is 5.10 Å². The van der Waals surface area contributed by atoms with E-state index in [1.165, 1.54) is 6.07 Å². The molecule has 7 nitrogen and oxygen atoms in total. The molecule has 106 valence electrons. The van der Waals surface area contributed by atoms with E-state index >= 15 is 0 Å². The van der Waals surface area contributed by atoms with Gasteiger partial charge in [-0.1, -0.05) is 13.0 Å². The summed E-state index contributed by atoms with van der Waals surface area (Å²) >= 11 is 0. The Balaban J connectivity index is 2.46. The topological polar surface area (TPSA) is 87.8 Å². The SMILES string of the molecule is C[C@@H]1CC(=O)NN=C1c1ccc(N(C)C)c([N+](=O)[O-])c1. The van der Waals surface area contributed by atoms with Crippen molar-refractivity contribution in [3.05, 3.63) is 33.9 Å². The molecule has 1 atom stereocenters. The van der Waals surface area contributed by atoms with Crippen LogP contribution in [0.4, 0.5) is 11.4 Å². The number of hydrogen-bond acceptors (Lipinski definition) is 5. The molecule has 2 rings (SSSR count). The van der Waals surface area contributed by atoms with Gasteiger partial charge in [-0.05, 0) is 6.07 Å². The van der Waals surface area contributed by atoms with Crippen LogP contribution >= 0.6 is 0 Å². The molecule has 1 heterocycles. The van der Waals surface area contributed by atoms with Crippen LogP contribution in [0.2, 0.25) is 0 Å². The first-order valence-electron chi connectivity index (χ1n) is 6.22.